The Bertz CT molecular complexity index is 927. The number of hydrogen-bond donors (Lipinski definition) is 1. The van der Waals surface area contributed by atoms with Crippen LogP contribution in [0.2, 0.25) is 0 Å². The van der Waals surface area contributed by atoms with Gasteiger partial charge in [-0.05, 0) is 49.8 Å². The van der Waals surface area contributed by atoms with Gasteiger partial charge in [0.25, 0.3) is 5.91 Å². The highest BCUT2D eigenvalue weighted by molar-refractivity contribution is 6.37. The van der Waals surface area contributed by atoms with Gasteiger partial charge in [-0.2, -0.15) is 0 Å². The summed E-state index contributed by atoms with van der Waals surface area (Å²) in [6.45, 7) is 5.36. The number of Topliss-reactive ketones (excluding diaryl/α,β-unsaturated/α-hetero) is 1. The smallest absolute Gasteiger partial charge is 0.290 e. The van der Waals surface area contributed by atoms with E-state index in [2.05, 4.69) is 36.5 Å². The van der Waals surface area contributed by atoms with Gasteiger partial charge in [0.05, 0.1) is 5.92 Å². The monoisotopic (exact) mass is 388 g/mol. The second kappa shape index (κ2) is 8.24. The summed E-state index contributed by atoms with van der Waals surface area (Å²) in [5, 5.41) is 3.36. The van der Waals surface area contributed by atoms with Crippen LogP contribution < -0.4 is 5.32 Å². The lowest BCUT2D eigenvalue weighted by Gasteiger charge is -2.32. The zero-order valence-electron chi connectivity index (χ0n) is 17.1. The zero-order chi connectivity index (χ0) is 20.4. The molecule has 0 spiro atoms. The van der Waals surface area contributed by atoms with Gasteiger partial charge in [0.2, 0.25) is 5.78 Å². The molecule has 29 heavy (non-hydrogen) atoms. The number of benzene rings is 2. The summed E-state index contributed by atoms with van der Waals surface area (Å²) in [4.78, 5) is 27.6. The van der Waals surface area contributed by atoms with Crippen molar-refractivity contribution in [2.75, 3.05) is 13.1 Å². The summed E-state index contributed by atoms with van der Waals surface area (Å²) in [6.07, 6.45) is 3.73. The van der Waals surface area contributed by atoms with Crippen molar-refractivity contribution < 1.29 is 9.59 Å². The van der Waals surface area contributed by atoms with Gasteiger partial charge in [-0.15, -0.1) is 0 Å². The molecule has 2 aliphatic heterocycles. The van der Waals surface area contributed by atoms with E-state index in [1.165, 1.54) is 11.1 Å². The van der Waals surface area contributed by atoms with E-state index in [1.54, 1.807) is 4.90 Å². The summed E-state index contributed by atoms with van der Waals surface area (Å²) in [5.74, 6) is -0.584. The molecule has 0 aromatic heterocycles. The van der Waals surface area contributed by atoms with E-state index < -0.39 is 5.92 Å². The second-order valence-electron chi connectivity index (χ2n) is 8.25. The Hall–Kier alpha value is -2.88. The van der Waals surface area contributed by atoms with Gasteiger partial charge in [0.15, 0.2) is 0 Å². The predicted octanol–water partition coefficient (Wildman–Crippen LogP) is 3.92. The Balaban J connectivity index is 1.40. The summed E-state index contributed by atoms with van der Waals surface area (Å²) in [6, 6.07) is 18.5. The van der Waals surface area contributed by atoms with Gasteiger partial charge in [-0.25, -0.2) is 0 Å². The highest BCUT2D eigenvalue weighted by atomic mass is 16.2. The highest BCUT2D eigenvalue weighted by Gasteiger charge is 2.36. The van der Waals surface area contributed by atoms with Crippen molar-refractivity contribution in [2.45, 2.75) is 38.6 Å². The van der Waals surface area contributed by atoms with Gasteiger partial charge in [-0.1, -0.05) is 60.2 Å². The van der Waals surface area contributed by atoms with Gasteiger partial charge in [0, 0.05) is 24.8 Å². The van der Waals surface area contributed by atoms with Crippen molar-refractivity contribution in [1.82, 2.24) is 10.2 Å². The molecule has 2 aliphatic rings. The largest absolute Gasteiger partial charge is 0.381 e. The first-order valence-corrected chi connectivity index (χ1v) is 10.5. The molecule has 2 aromatic carbocycles. The molecule has 0 radical (unpaired) electrons. The van der Waals surface area contributed by atoms with E-state index in [0.717, 1.165) is 24.1 Å². The first-order valence-electron chi connectivity index (χ1n) is 10.5. The van der Waals surface area contributed by atoms with Crippen molar-refractivity contribution in [3.8, 4) is 0 Å². The maximum atomic E-state index is 13.0. The Morgan fingerprint density at radius 3 is 2.41 bits per heavy atom. The molecular formula is C25H28N2O2. The van der Waals surface area contributed by atoms with Gasteiger partial charge >= 0.3 is 0 Å². The normalized spacial score (nSPS) is 22.1. The third kappa shape index (κ3) is 4.12. The zero-order valence-corrected chi connectivity index (χ0v) is 17.1. The molecule has 4 rings (SSSR count). The summed E-state index contributed by atoms with van der Waals surface area (Å²) in [5.41, 5.74) is 4.58. The quantitative estimate of drug-likeness (QED) is 0.808. The fraction of sp³-hybridized carbons (Fsp3) is 0.360. The number of carbonyl (C=O) groups excluding carboxylic acids is 2. The SMILES string of the molecule is Cc1cccc(C2CCN(C(=O)C(=O)C3C=C(c4ccccc4)NC3C)CC2)c1. The molecule has 2 aromatic rings. The molecule has 4 nitrogen and oxygen atoms in total. The summed E-state index contributed by atoms with van der Waals surface area (Å²) < 4.78 is 0. The fourth-order valence-electron chi connectivity index (χ4n) is 4.45. The molecule has 150 valence electrons. The average molecular weight is 389 g/mol. The second-order valence-corrected chi connectivity index (χ2v) is 8.25. The van der Waals surface area contributed by atoms with Crippen LogP contribution >= 0.6 is 0 Å². The van der Waals surface area contributed by atoms with E-state index in [1.807, 2.05) is 43.3 Å². The average Bonchev–Trinajstić information content (AvgIpc) is 3.15. The third-order valence-electron chi connectivity index (χ3n) is 6.16. The minimum Gasteiger partial charge on any atom is -0.381 e. The molecule has 1 amide bonds. The number of rotatable bonds is 4. The number of piperidine rings is 1. The van der Waals surface area contributed by atoms with Gasteiger partial charge in [-0.3, -0.25) is 9.59 Å². The van der Waals surface area contributed by atoms with Crippen LogP contribution in [0.15, 0.2) is 60.7 Å². The van der Waals surface area contributed by atoms with E-state index >= 15 is 0 Å². The number of amides is 1. The number of carbonyl (C=O) groups is 2. The van der Waals surface area contributed by atoms with Crippen molar-refractivity contribution in [1.29, 1.82) is 0 Å². The number of aryl methyl sites for hydroxylation is 1. The van der Waals surface area contributed by atoms with Crippen LogP contribution in [0.1, 0.15) is 42.4 Å². The number of nitrogens with one attached hydrogen (secondary N) is 1. The molecule has 1 fully saturated rings. The topological polar surface area (TPSA) is 49.4 Å². The van der Waals surface area contributed by atoms with Crippen molar-refractivity contribution in [3.05, 3.63) is 77.4 Å². The van der Waals surface area contributed by atoms with Crippen LogP contribution in [0.3, 0.4) is 0 Å². The molecule has 2 heterocycles. The molecule has 0 bridgehead atoms. The number of hydrogen-bond acceptors (Lipinski definition) is 3. The molecule has 0 aliphatic carbocycles. The molecule has 0 saturated carbocycles. The highest BCUT2D eigenvalue weighted by Crippen LogP contribution is 2.30. The molecule has 4 heteroatoms. The Morgan fingerprint density at radius 2 is 1.72 bits per heavy atom. The minimum absolute atomic E-state index is 0.0773. The van der Waals surface area contributed by atoms with Crippen LogP contribution in [0.25, 0.3) is 5.70 Å². The van der Waals surface area contributed by atoms with Crippen molar-refractivity contribution >= 4 is 17.4 Å². The minimum atomic E-state index is -0.410. The van der Waals surface area contributed by atoms with Crippen molar-refractivity contribution in [3.63, 3.8) is 0 Å². The van der Waals surface area contributed by atoms with Crippen molar-refractivity contribution in [2.24, 2.45) is 5.92 Å². The summed E-state index contributed by atoms with van der Waals surface area (Å²) >= 11 is 0. The number of ketones is 1. The number of likely N-dealkylation sites (tertiary alicyclic amines) is 1. The van der Waals surface area contributed by atoms with Gasteiger partial charge < -0.3 is 10.2 Å². The first kappa shape index (κ1) is 19.4. The van der Waals surface area contributed by atoms with Crippen LogP contribution in [0, 0.1) is 12.8 Å². The standard InChI is InChI=1S/C25H28N2O2/c1-17-7-6-10-21(15-17)19-11-13-27(14-12-19)25(29)24(28)22-16-23(26-18(22)2)20-8-4-3-5-9-20/h3-10,15-16,18-19,22,26H,11-14H2,1-2H3. The predicted molar refractivity (Wildman–Crippen MR) is 115 cm³/mol. The lowest BCUT2D eigenvalue weighted by Crippen LogP contribution is -2.45. The maximum Gasteiger partial charge on any atom is 0.290 e. The molecular weight excluding hydrogens is 360 g/mol. The Kier molecular flexibility index (Phi) is 5.52. The van der Waals surface area contributed by atoms with E-state index in [-0.39, 0.29) is 17.7 Å². The third-order valence-corrected chi connectivity index (χ3v) is 6.16. The van der Waals surface area contributed by atoms with E-state index in [0.29, 0.717) is 19.0 Å². The molecule has 2 atom stereocenters. The molecule has 1 N–H and O–H groups in total. The molecule has 2 unspecified atom stereocenters. The van der Waals surface area contributed by atoms with Crippen LogP contribution in [0.4, 0.5) is 0 Å². The fourth-order valence-corrected chi connectivity index (χ4v) is 4.45. The lowest BCUT2D eigenvalue weighted by molar-refractivity contribution is -0.146. The first-order chi connectivity index (χ1) is 14.0. The summed E-state index contributed by atoms with van der Waals surface area (Å²) in [7, 11) is 0. The van der Waals surface area contributed by atoms with Crippen LogP contribution in [-0.2, 0) is 9.59 Å². The lowest BCUT2D eigenvalue weighted by atomic mass is 9.88. The van der Waals surface area contributed by atoms with Crippen LogP contribution in [0.5, 0.6) is 0 Å². The number of nitrogens with zero attached hydrogens (tertiary/aromatic N) is 1. The van der Waals surface area contributed by atoms with E-state index in [9.17, 15) is 9.59 Å². The Morgan fingerprint density at radius 1 is 1.00 bits per heavy atom. The van der Waals surface area contributed by atoms with Gasteiger partial charge in [0.1, 0.15) is 0 Å². The maximum absolute atomic E-state index is 13.0. The Labute approximate surface area is 172 Å². The van der Waals surface area contributed by atoms with E-state index in [4.69, 9.17) is 0 Å². The van der Waals surface area contributed by atoms with Crippen LogP contribution in [-0.4, -0.2) is 35.7 Å². The molecule has 1 saturated heterocycles.